The van der Waals surface area contributed by atoms with Crippen LogP contribution in [0.2, 0.25) is 0 Å². The first-order valence-corrected chi connectivity index (χ1v) is 5.07. The zero-order valence-corrected chi connectivity index (χ0v) is 9.69. The van der Waals surface area contributed by atoms with E-state index in [9.17, 15) is 9.90 Å². The topological polar surface area (TPSA) is 93.4 Å². The van der Waals surface area contributed by atoms with Crippen molar-refractivity contribution >= 4 is 11.7 Å². The minimum Gasteiger partial charge on any atom is -0.479 e. The van der Waals surface area contributed by atoms with E-state index in [1.54, 1.807) is 18.2 Å². The van der Waals surface area contributed by atoms with E-state index in [2.05, 4.69) is 5.32 Å². The quantitative estimate of drug-likeness (QED) is 0.725. The van der Waals surface area contributed by atoms with Crippen molar-refractivity contribution in [2.24, 2.45) is 0 Å². The highest BCUT2D eigenvalue weighted by atomic mass is 16.4. The Morgan fingerprint density at radius 1 is 1.59 bits per heavy atom. The zero-order valence-electron chi connectivity index (χ0n) is 9.69. The van der Waals surface area contributed by atoms with Gasteiger partial charge in [0.15, 0.2) is 5.60 Å². The predicted molar refractivity (Wildman–Crippen MR) is 62.6 cm³/mol. The first-order valence-electron chi connectivity index (χ1n) is 5.07. The van der Waals surface area contributed by atoms with Gasteiger partial charge in [-0.05, 0) is 31.5 Å². The van der Waals surface area contributed by atoms with Crippen molar-refractivity contribution in [3.05, 3.63) is 29.3 Å². The van der Waals surface area contributed by atoms with E-state index >= 15 is 0 Å². The summed E-state index contributed by atoms with van der Waals surface area (Å²) < 4.78 is 0. The normalized spacial score (nSPS) is 13.5. The zero-order chi connectivity index (χ0) is 13.1. The molecule has 5 heteroatoms. The standard InChI is InChI=1S/C12H14N2O3/c1-8-3-4-9(6-13)5-10(8)14-7-12(2,17)11(15)16/h3-5,14,17H,7H2,1-2H3,(H,15,16). The van der Waals surface area contributed by atoms with E-state index < -0.39 is 11.6 Å². The molecule has 0 aliphatic heterocycles. The van der Waals surface area contributed by atoms with Crippen molar-refractivity contribution in [1.29, 1.82) is 5.26 Å². The van der Waals surface area contributed by atoms with Crippen LogP contribution in [0.5, 0.6) is 0 Å². The third-order valence-corrected chi connectivity index (χ3v) is 2.45. The number of benzene rings is 1. The molecule has 0 amide bonds. The molecule has 1 rings (SSSR count). The maximum Gasteiger partial charge on any atom is 0.337 e. The Hall–Kier alpha value is -2.06. The summed E-state index contributed by atoms with van der Waals surface area (Å²) in [6.45, 7) is 2.92. The second-order valence-corrected chi connectivity index (χ2v) is 4.07. The highest BCUT2D eigenvalue weighted by Gasteiger charge is 2.29. The molecular formula is C12H14N2O3. The number of aryl methyl sites for hydroxylation is 1. The highest BCUT2D eigenvalue weighted by Crippen LogP contribution is 2.17. The second kappa shape index (κ2) is 4.85. The van der Waals surface area contributed by atoms with Gasteiger partial charge in [0.05, 0.1) is 18.2 Å². The SMILES string of the molecule is Cc1ccc(C#N)cc1NCC(C)(O)C(=O)O. The number of carboxylic acids is 1. The summed E-state index contributed by atoms with van der Waals surface area (Å²) in [5.74, 6) is -1.29. The Kier molecular flexibility index (Phi) is 3.71. The van der Waals surface area contributed by atoms with Crippen molar-refractivity contribution in [2.45, 2.75) is 19.4 Å². The minimum atomic E-state index is -1.84. The molecule has 0 aromatic heterocycles. The average molecular weight is 234 g/mol. The second-order valence-electron chi connectivity index (χ2n) is 4.07. The maximum absolute atomic E-state index is 10.7. The van der Waals surface area contributed by atoms with Crippen LogP contribution in [0.15, 0.2) is 18.2 Å². The number of nitrogens with zero attached hydrogens (tertiary/aromatic N) is 1. The molecule has 0 heterocycles. The largest absolute Gasteiger partial charge is 0.479 e. The van der Waals surface area contributed by atoms with E-state index in [1.807, 2.05) is 13.0 Å². The third kappa shape index (κ3) is 3.20. The van der Waals surface area contributed by atoms with E-state index in [0.29, 0.717) is 11.3 Å². The van der Waals surface area contributed by atoms with Crippen LogP contribution in [0.3, 0.4) is 0 Å². The molecule has 1 aromatic carbocycles. The number of aliphatic carboxylic acids is 1. The molecule has 3 N–H and O–H groups in total. The summed E-state index contributed by atoms with van der Waals surface area (Å²) in [6.07, 6.45) is 0. The van der Waals surface area contributed by atoms with Gasteiger partial charge >= 0.3 is 5.97 Å². The van der Waals surface area contributed by atoms with Crippen molar-refractivity contribution in [3.8, 4) is 6.07 Å². The van der Waals surface area contributed by atoms with E-state index in [0.717, 1.165) is 5.56 Å². The molecule has 0 spiro atoms. The number of anilines is 1. The summed E-state index contributed by atoms with van der Waals surface area (Å²) in [6, 6.07) is 7.05. The number of hydrogen-bond acceptors (Lipinski definition) is 4. The molecule has 0 aliphatic rings. The lowest BCUT2D eigenvalue weighted by Gasteiger charge is -2.20. The number of hydrogen-bond donors (Lipinski definition) is 3. The van der Waals surface area contributed by atoms with Gasteiger partial charge < -0.3 is 15.5 Å². The smallest absolute Gasteiger partial charge is 0.337 e. The number of nitrogens with one attached hydrogen (secondary N) is 1. The predicted octanol–water partition coefficient (Wildman–Crippen LogP) is 1.11. The van der Waals surface area contributed by atoms with Gasteiger partial charge in [-0.1, -0.05) is 6.07 Å². The molecule has 90 valence electrons. The Labute approximate surface area is 99.3 Å². The van der Waals surface area contributed by atoms with Crippen molar-refractivity contribution in [2.75, 3.05) is 11.9 Å². The Bertz CT molecular complexity index is 475. The molecule has 0 saturated carbocycles. The molecule has 0 fully saturated rings. The molecule has 5 nitrogen and oxygen atoms in total. The van der Waals surface area contributed by atoms with E-state index in [4.69, 9.17) is 10.4 Å². The number of carbonyl (C=O) groups is 1. The van der Waals surface area contributed by atoms with Gasteiger partial charge in [-0.3, -0.25) is 0 Å². The average Bonchev–Trinajstić information content (AvgIpc) is 2.28. The fourth-order valence-corrected chi connectivity index (χ4v) is 1.22. The van der Waals surface area contributed by atoms with Gasteiger partial charge in [0.2, 0.25) is 0 Å². The fraction of sp³-hybridized carbons (Fsp3) is 0.333. The van der Waals surface area contributed by atoms with E-state index in [-0.39, 0.29) is 6.54 Å². The maximum atomic E-state index is 10.7. The molecule has 0 saturated heterocycles. The molecule has 0 bridgehead atoms. The summed E-state index contributed by atoms with van der Waals surface area (Å²) in [7, 11) is 0. The Morgan fingerprint density at radius 2 is 2.24 bits per heavy atom. The van der Waals surface area contributed by atoms with Crippen molar-refractivity contribution in [3.63, 3.8) is 0 Å². The van der Waals surface area contributed by atoms with Crippen LogP contribution < -0.4 is 5.32 Å². The molecule has 1 aromatic rings. The number of rotatable bonds is 4. The van der Waals surface area contributed by atoms with Crippen LogP contribution in [0.25, 0.3) is 0 Å². The monoisotopic (exact) mass is 234 g/mol. The van der Waals surface area contributed by atoms with Crippen molar-refractivity contribution < 1.29 is 15.0 Å². The van der Waals surface area contributed by atoms with Crippen LogP contribution in [0, 0.1) is 18.3 Å². The first kappa shape index (κ1) is 13.0. The Morgan fingerprint density at radius 3 is 2.76 bits per heavy atom. The van der Waals surface area contributed by atoms with Gasteiger partial charge in [-0.2, -0.15) is 5.26 Å². The first-order chi connectivity index (χ1) is 7.86. The molecule has 0 radical (unpaired) electrons. The number of carboxylic acid groups (broad SMARTS) is 1. The molecule has 1 unspecified atom stereocenters. The number of aliphatic hydroxyl groups is 1. The summed E-state index contributed by atoms with van der Waals surface area (Å²) in [4.78, 5) is 10.7. The highest BCUT2D eigenvalue weighted by molar-refractivity contribution is 5.77. The summed E-state index contributed by atoms with van der Waals surface area (Å²) in [5, 5.41) is 29.9. The van der Waals surface area contributed by atoms with Crippen LogP contribution in [-0.2, 0) is 4.79 Å². The van der Waals surface area contributed by atoms with E-state index in [1.165, 1.54) is 6.92 Å². The van der Waals surface area contributed by atoms with Crippen LogP contribution >= 0.6 is 0 Å². The van der Waals surface area contributed by atoms with Crippen LogP contribution in [0.1, 0.15) is 18.1 Å². The van der Waals surface area contributed by atoms with Gasteiger partial charge in [0.1, 0.15) is 0 Å². The minimum absolute atomic E-state index is 0.127. The van der Waals surface area contributed by atoms with Gasteiger partial charge in [-0.25, -0.2) is 4.79 Å². The third-order valence-electron chi connectivity index (χ3n) is 2.45. The lowest BCUT2D eigenvalue weighted by molar-refractivity contribution is -0.155. The van der Waals surface area contributed by atoms with Gasteiger partial charge in [-0.15, -0.1) is 0 Å². The Balaban J connectivity index is 2.83. The summed E-state index contributed by atoms with van der Waals surface area (Å²) >= 11 is 0. The fourth-order valence-electron chi connectivity index (χ4n) is 1.22. The molecular weight excluding hydrogens is 220 g/mol. The van der Waals surface area contributed by atoms with Gasteiger partial charge in [0.25, 0.3) is 0 Å². The number of nitriles is 1. The van der Waals surface area contributed by atoms with Crippen molar-refractivity contribution in [1.82, 2.24) is 0 Å². The van der Waals surface area contributed by atoms with Crippen LogP contribution in [0.4, 0.5) is 5.69 Å². The van der Waals surface area contributed by atoms with Gasteiger partial charge in [0, 0.05) is 5.69 Å². The molecule has 1 atom stereocenters. The molecule has 0 aliphatic carbocycles. The summed E-state index contributed by atoms with van der Waals surface area (Å²) in [5.41, 5.74) is 0.165. The van der Waals surface area contributed by atoms with Crippen LogP contribution in [-0.4, -0.2) is 28.3 Å². The lowest BCUT2D eigenvalue weighted by atomic mass is 10.1. The molecule has 17 heavy (non-hydrogen) atoms. The lowest BCUT2D eigenvalue weighted by Crippen LogP contribution is -2.41.